The number of piperazine rings is 1. The van der Waals surface area contributed by atoms with E-state index >= 15 is 0 Å². The lowest BCUT2D eigenvalue weighted by Crippen LogP contribution is -2.51. The second kappa shape index (κ2) is 7.11. The fraction of sp³-hybridized carbons (Fsp3) is 0.385. The van der Waals surface area contributed by atoms with Crippen LogP contribution in [0.15, 0.2) is 24.3 Å². The molecule has 1 fully saturated rings. The van der Waals surface area contributed by atoms with Crippen molar-refractivity contribution in [3.8, 4) is 0 Å². The predicted octanol–water partition coefficient (Wildman–Crippen LogP) is 1.17. The molecule has 3 amide bonds. The Morgan fingerprint density at radius 2 is 1.95 bits per heavy atom. The summed E-state index contributed by atoms with van der Waals surface area (Å²) in [6.07, 6.45) is 0. The Balaban J connectivity index is 0.00000180. The van der Waals surface area contributed by atoms with Gasteiger partial charge in [-0.25, -0.2) is 4.79 Å². The highest BCUT2D eigenvalue weighted by Crippen LogP contribution is 2.04. The van der Waals surface area contributed by atoms with Crippen LogP contribution in [0.1, 0.15) is 15.9 Å². The Morgan fingerprint density at radius 3 is 2.58 bits per heavy atom. The monoisotopic (exact) mass is 283 g/mol. The van der Waals surface area contributed by atoms with Gasteiger partial charge >= 0.3 is 6.03 Å². The molecule has 0 atom stereocenters. The molecular weight excluding hydrogens is 266 g/mol. The van der Waals surface area contributed by atoms with E-state index in [1.807, 2.05) is 13.0 Å². The molecule has 2 N–H and O–H groups in total. The van der Waals surface area contributed by atoms with Gasteiger partial charge < -0.3 is 10.2 Å². The molecule has 2 rings (SSSR count). The predicted molar refractivity (Wildman–Crippen MR) is 75.7 cm³/mol. The van der Waals surface area contributed by atoms with Crippen molar-refractivity contribution in [2.75, 3.05) is 26.2 Å². The van der Waals surface area contributed by atoms with Crippen molar-refractivity contribution in [3.05, 3.63) is 35.4 Å². The lowest BCUT2D eigenvalue weighted by molar-refractivity contribution is 0.0949. The molecule has 0 aromatic heterocycles. The van der Waals surface area contributed by atoms with Crippen LogP contribution in [0, 0.1) is 6.92 Å². The number of halogens is 1. The van der Waals surface area contributed by atoms with Crippen molar-refractivity contribution in [3.63, 3.8) is 0 Å². The summed E-state index contributed by atoms with van der Waals surface area (Å²) in [4.78, 5) is 25.4. The number of aryl methyl sites for hydroxylation is 1. The van der Waals surface area contributed by atoms with E-state index in [2.05, 4.69) is 10.6 Å². The summed E-state index contributed by atoms with van der Waals surface area (Å²) in [5, 5.41) is 5.57. The number of hydrogen-bond donors (Lipinski definition) is 2. The summed E-state index contributed by atoms with van der Waals surface area (Å²) in [5.41, 5.74) is 1.51. The van der Waals surface area contributed by atoms with E-state index < -0.39 is 0 Å². The third-order valence-electron chi connectivity index (χ3n) is 2.90. The first-order valence-corrected chi connectivity index (χ1v) is 6.04. The van der Waals surface area contributed by atoms with E-state index in [0.29, 0.717) is 18.7 Å². The minimum Gasteiger partial charge on any atom is -0.322 e. The zero-order valence-corrected chi connectivity index (χ0v) is 11.6. The molecule has 1 aliphatic heterocycles. The first-order chi connectivity index (χ1) is 8.66. The zero-order valence-electron chi connectivity index (χ0n) is 10.8. The standard InChI is InChI=1S/C13H17N3O2.ClH/c1-10-3-2-4-11(9-10)12(17)15-13(18)16-7-5-14-6-8-16;/h2-4,9,14H,5-8H2,1H3,(H,15,17,18);1H. The Hall–Kier alpha value is -1.59. The Morgan fingerprint density at radius 1 is 1.26 bits per heavy atom. The average Bonchev–Trinajstić information content (AvgIpc) is 2.39. The van der Waals surface area contributed by atoms with Crippen LogP contribution < -0.4 is 10.6 Å². The summed E-state index contributed by atoms with van der Waals surface area (Å²) < 4.78 is 0. The first-order valence-electron chi connectivity index (χ1n) is 6.04. The minimum absolute atomic E-state index is 0. The van der Waals surface area contributed by atoms with Crippen LogP contribution in [0.4, 0.5) is 4.79 Å². The maximum atomic E-state index is 11.9. The van der Waals surface area contributed by atoms with E-state index in [4.69, 9.17) is 0 Å². The normalized spacial score (nSPS) is 14.5. The van der Waals surface area contributed by atoms with Gasteiger partial charge in [-0.1, -0.05) is 17.7 Å². The first kappa shape index (κ1) is 15.5. The van der Waals surface area contributed by atoms with Gasteiger partial charge in [0.25, 0.3) is 5.91 Å². The van der Waals surface area contributed by atoms with Crippen LogP contribution in [0.2, 0.25) is 0 Å². The molecule has 6 heteroatoms. The fourth-order valence-corrected chi connectivity index (χ4v) is 1.90. The van der Waals surface area contributed by atoms with E-state index in [-0.39, 0.29) is 24.3 Å². The molecule has 104 valence electrons. The molecule has 19 heavy (non-hydrogen) atoms. The van der Waals surface area contributed by atoms with Gasteiger partial charge in [0, 0.05) is 31.7 Å². The Labute approximate surface area is 118 Å². The molecule has 1 aromatic carbocycles. The lowest BCUT2D eigenvalue weighted by atomic mass is 10.1. The number of urea groups is 1. The van der Waals surface area contributed by atoms with Crippen LogP contribution in [-0.2, 0) is 0 Å². The summed E-state index contributed by atoms with van der Waals surface area (Å²) in [7, 11) is 0. The second-order valence-corrected chi connectivity index (χ2v) is 4.37. The maximum absolute atomic E-state index is 11.9. The van der Waals surface area contributed by atoms with Gasteiger partial charge in [0.1, 0.15) is 0 Å². The van der Waals surface area contributed by atoms with Crippen molar-refractivity contribution in [1.29, 1.82) is 0 Å². The van der Waals surface area contributed by atoms with Crippen LogP contribution >= 0.6 is 12.4 Å². The summed E-state index contributed by atoms with van der Waals surface area (Å²) in [6, 6.07) is 6.87. The molecule has 0 radical (unpaired) electrons. The molecule has 0 spiro atoms. The molecule has 5 nitrogen and oxygen atoms in total. The van der Waals surface area contributed by atoms with Crippen molar-refractivity contribution in [1.82, 2.24) is 15.5 Å². The lowest BCUT2D eigenvalue weighted by Gasteiger charge is -2.27. The number of imide groups is 1. The zero-order chi connectivity index (χ0) is 13.0. The molecule has 1 heterocycles. The van der Waals surface area contributed by atoms with Crippen LogP contribution in [-0.4, -0.2) is 43.0 Å². The second-order valence-electron chi connectivity index (χ2n) is 4.37. The minimum atomic E-state index is -0.345. The Bertz CT molecular complexity index is 459. The third-order valence-corrected chi connectivity index (χ3v) is 2.90. The number of carbonyl (C=O) groups is 2. The van der Waals surface area contributed by atoms with Crippen LogP contribution in [0.5, 0.6) is 0 Å². The van der Waals surface area contributed by atoms with Gasteiger partial charge in [-0.05, 0) is 19.1 Å². The van der Waals surface area contributed by atoms with E-state index in [9.17, 15) is 9.59 Å². The van der Waals surface area contributed by atoms with Crippen molar-refractivity contribution < 1.29 is 9.59 Å². The molecule has 1 saturated heterocycles. The topological polar surface area (TPSA) is 61.4 Å². The average molecular weight is 284 g/mol. The molecule has 0 aliphatic carbocycles. The van der Waals surface area contributed by atoms with Crippen molar-refractivity contribution in [2.45, 2.75) is 6.92 Å². The van der Waals surface area contributed by atoms with Gasteiger partial charge in [-0.15, -0.1) is 12.4 Å². The van der Waals surface area contributed by atoms with Crippen molar-refractivity contribution in [2.24, 2.45) is 0 Å². The number of rotatable bonds is 1. The number of nitrogens with zero attached hydrogens (tertiary/aromatic N) is 1. The van der Waals surface area contributed by atoms with Gasteiger partial charge in [0.2, 0.25) is 0 Å². The molecule has 0 saturated carbocycles. The largest absolute Gasteiger partial charge is 0.324 e. The SMILES string of the molecule is Cc1cccc(C(=O)NC(=O)N2CCNCC2)c1.Cl. The number of nitrogens with one attached hydrogen (secondary N) is 2. The molecule has 1 aromatic rings. The van der Waals surface area contributed by atoms with E-state index in [1.54, 1.807) is 23.1 Å². The van der Waals surface area contributed by atoms with Gasteiger partial charge in [0.15, 0.2) is 0 Å². The molecule has 0 unspecified atom stereocenters. The summed E-state index contributed by atoms with van der Waals surface area (Å²) in [6.45, 7) is 4.72. The smallest absolute Gasteiger partial charge is 0.322 e. The quantitative estimate of drug-likeness (QED) is 0.813. The number of hydrogen-bond acceptors (Lipinski definition) is 3. The number of benzene rings is 1. The molecule has 1 aliphatic rings. The highest BCUT2D eigenvalue weighted by atomic mass is 35.5. The van der Waals surface area contributed by atoms with Crippen LogP contribution in [0.25, 0.3) is 0 Å². The summed E-state index contributed by atoms with van der Waals surface area (Å²) in [5.74, 6) is -0.345. The van der Waals surface area contributed by atoms with E-state index in [0.717, 1.165) is 18.7 Å². The van der Waals surface area contributed by atoms with Gasteiger partial charge in [-0.2, -0.15) is 0 Å². The van der Waals surface area contributed by atoms with E-state index in [1.165, 1.54) is 0 Å². The maximum Gasteiger partial charge on any atom is 0.324 e. The fourth-order valence-electron chi connectivity index (χ4n) is 1.90. The van der Waals surface area contributed by atoms with Gasteiger partial charge in [0.05, 0.1) is 0 Å². The number of amides is 3. The highest BCUT2D eigenvalue weighted by Gasteiger charge is 2.18. The molecule has 0 bridgehead atoms. The molecular formula is C13H18ClN3O2. The highest BCUT2D eigenvalue weighted by molar-refractivity contribution is 6.04. The number of carbonyl (C=O) groups excluding carboxylic acids is 2. The van der Waals surface area contributed by atoms with Crippen LogP contribution in [0.3, 0.4) is 0 Å². The van der Waals surface area contributed by atoms with Gasteiger partial charge in [-0.3, -0.25) is 10.1 Å². The van der Waals surface area contributed by atoms with Crippen molar-refractivity contribution >= 4 is 24.3 Å². The Kier molecular flexibility index (Phi) is 5.79. The summed E-state index contributed by atoms with van der Waals surface area (Å²) >= 11 is 0. The third kappa shape index (κ3) is 4.22.